The maximum Gasteiger partial charge on any atom is 0.234 e. The van der Waals surface area contributed by atoms with Crippen molar-refractivity contribution in [1.82, 2.24) is 25.1 Å². The van der Waals surface area contributed by atoms with Crippen LogP contribution in [0.2, 0.25) is 0 Å². The van der Waals surface area contributed by atoms with Crippen LogP contribution in [0.1, 0.15) is 30.7 Å². The Labute approximate surface area is 129 Å². The topological polar surface area (TPSA) is 89.9 Å². The van der Waals surface area contributed by atoms with E-state index in [0.717, 1.165) is 37.2 Å². The zero-order chi connectivity index (χ0) is 15.4. The molecule has 7 nitrogen and oxygen atoms in total. The largest absolute Gasteiger partial charge is 0.368 e. The lowest BCUT2D eigenvalue weighted by molar-refractivity contribution is -0.124. The summed E-state index contributed by atoms with van der Waals surface area (Å²) in [4.78, 5) is 13.7. The highest BCUT2D eigenvalue weighted by Gasteiger charge is 2.28. The van der Waals surface area contributed by atoms with Crippen LogP contribution in [0.5, 0.6) is 0 Å². The summed E-state index contributed by atoms with van der Waals surface area (Å²) in [6.07, 6.45) is 2.93. The minimum absolute atomic E-state index is 0.212. The molecule has 1 saturated heterocycles. The minimum Gasteiger partial charge on any atom is -0.368 e. The number of hydrogen-bond donors (Lipinski definition) is 1. The lowest BCUT2D eigenvalue weighted by Crippen LogP contribution is -2.47. The number of carbonyl (C=O) groups excluding carboxylic acids is 1. The van der Waals surface area contributed by atoms with Crippen LogP contribution in [0.3, 0.4) is 0 Å². The molecule has 2 heterocycles. The van der Waals surface area contributed by atoms with Crippen LogP contribution >= 0.6 is 0 Å². The molecule has 116 valence electrons. The van der Waals surface area contributed by atoms with E-state index in [0.29, 0.717) is 13.1 Å². The van der Waals surface area contributed by atoms with Crippen molar-refractivity contribution in [1.29, 1.82) is 0 Å². The van der Waals surface area contributed by atoms with Crippen molar-refractivity contribution in [3.05, 3.63) is 41.7 Å². The number of nitrogens with zero attached hydrogens (tertiary/aromatic N) is 5. The first-order chi connectivity index (χ1) is 10.7. The van der Waals surface area contributed by atoms with Gasteiger partial charge in [0, 0.05) is 0 Å². The lowest BCUT2D eigenvalue weighted by atomic mass is 10.0. The van der Waals surface area contributed by atoms with E-state index in [2.05, 4.69) is 20.4 Å². The summed E-state index contributed by atoms with van der Waals surface area (Å²) in [6, 6.07) is 9.84. The molecule has 2 N–H and O–H groups in total. The number of piperidine rings is 1. The number of amides is 1. The summed E-state index contributed by atoms with van der Waals surface area (Å²) in [6.45, 7) is 2.03. The van der Waals surface area contributed by atoms with Crippen molar-refractivity contribution in [2.45, 2.75) is 38.4 Å². The second-order valence-corrected chi connectivity index (χ2v) is 5.62. The van der Waals surface area contributed by atoms with Crippen LogP contribution in [0.25, 0.3) is 0 Å². The number of hydrogen-bond acceptors (Lipinski definition) is 5. The number of nitrogens with two attached hydrogens (primary N) is 1. The summed E-state index contributed by atoms with van der Waals surface area (Å²) < 4.78 is 1.78. The van der Waals surface area contributed by atoms with Crippen LogP contribution in [0.4, 0.5) is 0 Å². The van der Waals surface area contributed by atoms with Gasteiger partial charge in [-0.1, -0.05) is 36.8 Å². The molecule has 0 saturated carbocycles. The van der Waals surface area contributed by atoms with E-state index in [1.165, 1.54) is 0 Å². The number of aromatic nitrogens is 4. The third-order valence-electron chi connectivity index (χ3n) is 4.07. The SMILES string of the molecule is NC(=O)[C@@H]1CCCCN1Cc1nnnn1Cc1ccccc1. The Hall–Kier alpha value is -2.28. The molecule has 1 aromatic carbocycles. The Balaban J connectivity index is 1.73. The van der Waals surface area contributed by atoms with Gasteiger partial charge in [0.25, 0.3) is 0 Å². The molecule has 3 rings (SSSR count). The zero-order valence-corrected chi connectivity index (χ0v) is 12.4. The normalized spacial score (nSPS) is 19.2. The van der Waals surface area contributed by atoms with E-state index in [-0.39, 0.29) is 11.9 Å². The molecule has 0 aliphatic carbocycles. The van der Waals surface area contributed by atoms with Gasteiger partial charge in [-0.15, -0.1) is 5.10 Å². The van der Waals surface area contributed by atoms with E-state index in [1.807, 2.05) is 30.3 Å². The van der Waals surface area contributed by atoms with Gasteiger partial charge in [-0.2, -0.15) is 0 Å². The van der Waals surface area contributed by atoms with Crippen molar-refractivity contribution < 1.29 is 4.79 Å². The van der Waals surface area contributed by atoms with Gasteiger partial charge in [0.05, 0.1) is 19.1 Å². The highest BCUT2D eigenvalue weighted by Crippen LogP contribution is 2.18. The van der Waals surface area contributed by atoms with Gasteiger partial charge >= 0.3 is 0 Å². The molecule has 1 aliphatic heterocycles. The Morgan fingerprint density at radius 2 is 2.05 bits per heavy atom. The summed E-state index contributed by atoms with van der Waals surface area (Å²) in [7, 11) is 0. The fraction of sp³-hybridized carbons (Fsp3) is 0.467. The number of benzene rings is 1. The van der Waals surface area contributed by atoms with Crippen molar-refractivity contribution >= 4 is 5.91 Å². The number of tetrazole rings is 1. The molecule has 7 heteroatoms. The molecule has 0 bridgehead atoms. The molecule has 2 aromatic rings. The number of likely N-dealkylation sites (tertiary alicyclic amines) is 1. The van der Waals surface area contributed by atoms with E-state index < -0.39 is 0 Å². The summed E-state index contributed by atoms with van der Waals surface area (Å²) in [5.41, 5.74) is 6.65. The molecule has 1 aliphatic rings. The molecule has 0 spiro atoms. The highest BCUT2D eigenvalue weighted by molar-refractivity contribution is 5.79. The Kier molecular flexibility index (Phi) is 4.43. The number of rotatable bonds is 5. The number of carbonyl (C=O) groups is 1. The Bertz CT molecular complexity index is 626. The van der Waals surface area contributed by atoms with Gasteiger partial charge in [0.1, 0.15) is 0 Å². The van der Waals surface area contributed by atoms with Gasteiger partial charge in [-0.3, -0.25) is 9.69 Å². The average molecular weight is 300 g/mol. The van der Waals surface area contributed by atoms with Crippen LogP contribution in [-0.4, -0.2) is 43.6 Å². The van der Waals surface area contributed by atoms with E-state index >= 15 is 0 Å². The smallest absolute Gasteiger partial charge is 0.234 e. The average Bonchev–Trinajstić information content (AvgIpc) is 2.96. The molecule has 1 aromatic heterocycles. The van der Waals surface area contributed by atoms with Gasteiger partial charge in [-0.05, 0) is 35.4 Å². The predicted molar refractivity (Wildman–Crippen MR) is 80.6 cm³/mol. The summed E-state index contributed by atoms with van der Waals surface area (Å²) in [5.74, 6) is 0.499. The molecule has 1 amide bonds. The standard InChI is InChI=1S/C15H20N6O/c16-15(22)13-8-4-5-9-20(13)11-14-17-18-19-21(14)10-12-6-2-1-3-7-12/h1-3,6-7,13H,4-5,8-11H2,(H2,16,22)/t13-/m0/s1. The first-order valence-electron chi connectivity index (χ1n) is 7.56. The van der Waals surface area contributed by atoms with Crippen molar-refractivity contribution in [2.75, 3.05) is 6.54 Å². The quantitative estimate of drug-likeness (QED) is 0.871. The Morgan fingerprint density at radius 3 is 2.82 bits per heavy atom. The van der Waals surface area contributed by atoms with Gasteiger partial charge in [0.2, 0.25) is 5.91 Å². The Morgan fingerprint density at radius 1 is 1.23 bits per heavy atom. The van der Waals surface area contributed by atoms with E-state index in [9.17, 15) is 4.79 Å². The predicted octanol–water partition coefficient (Wildman–Crippen LogP) is 0.561. The lowest BCUT2D eigenvalue weighted by Gasteiger charge is -2.32. The molecular weight excluding hydrogens is 280 g/mol. The molecule has 0 unspecified atom stereocenters. The maximum atomic E-state index is 11.6. The fourth-order valence-corrected chi connectivity index (χ4v) is 2.90. The van der Waals surface area contributed by atoms with Crippen molar-refractivity contribution in [3.63, 3.8) is 0 Å². The molecule has 1 atom stereocenters. The van der Waals surface area contributed by atoms with Gasteiger partial charge in [-0.25, -0.2) is 4.68 Å². The third-order valence-corrected chi connectivity index (χ3v) is 4.07. The monoisotopic (exact) mass is 300 g/mol. The van der Waals surface area contributed by atoms with Crippen LogP contribution in [-0.2, 0) is 17.9 Å². The fourth-order valence-electron chi connectivity index (χ4n) is 2.90. The molecule has 1 fully saturated rings. The second-order valence-electron chi connectivity index (χ2n) is 5.62. The summed E-state index contributed by atoms with van der Waals surface area (Å²) in [5, 5.41) is 11.9. The third kappa shape index (κ3) is 3.30. The van der Waals surface area contributed by atoms with Crippen molar-refractivity contribution in [2.24, 2.45) is 5.73 Å². The zero-order valence-electron chi connectivity index (χ0n) is 12.4. The van der Waals surface area contributed by atoms with E-state index in [4.69, 9.17) is 5.73 Å². The first kappa shape index (κ1) is 14.6. The van der Waals surface area contributed by atoms with Gasteiger partial charge < -0.3 is 5.73 Å². The highest BCUT2D eigenvalue weighted by atomic mass is 16.1. The van der Waals surface area contributed by atoms with Gasteiger partial charge in [0.15, 0.2) is 5.82 Å². The van der Waals surface area contributed by atoms with Crippen LogP contribution in [0.15, 0.2) is 30.3 Å². The molecule has 0 radical (unpaired) electrons. The molecule has 22 heavy (non-hydrogen) atoms. The van der Waals surface area contributed by atoms with E-state index in [1.54, 1.807) is 4.68 Å². The minimum atomic E-state index is -0.262. The second kappa shape index (κ2) is 6.65. The molecular formula is C15H20N6O. The van der Waals surface area contributed by atoms with Crippen LogP contribution in [0, 0.1) is 0 Å². The first-order valence-corrected chi connectivity index (χ1v) is 7.56. The summed E-state index contributed by atoms with van der Waals surface area (Å²) >= 11 is 0. The van der Waals surface area contributed by atoms with Crippen LogP contribution < -0.4 is 5.73 Å². The van der Waals surface area contributed by atoms with Crippen molar-refractivity contribution in [3.8, 4) is 0 Å². The maximum absolute atomic E-state index is 11.6. The number of primary amides is 1.